The number of rotatable bonds is 11. The van der Waals surface area contributed by atoms with Crippen LogP contribution in [0.4, 0.5) is 62.6 Å². The quantitative estimate of drug-likeness (QED) is 0.0734. The van der Waals surface area contributed by atoms with Gasteiger partial charge in [0.15, 0.2) is 0 Å². The summed E-state index contributed by atoms with van der Waals surface area (Å²) in [5.74, 6) is 0. The maximum absolute atomic E-state index is 11.1. The van der Waals surface area contributed by atoms with Gasteiger partial charge in [-0.15, -0.1) is 0 Å². The second kappa shape index (κ2) is 17.1. The average Bonchev–Trinajstić information content (AvgIpc) is 3.71. The Hall–Kier alpha value is -8.04. The molecule has 9 heteroatoms. The summed E-state index contributed by atoms with van der Waals surface area (Å²) in [7, 11) is 0. The third kappa shape index (κ3) is 8.29. The highest BCUT2D eigenvalue weighted by atomic mass is 16.6. The first-order valence-electron chi connectivity index (χ1n) is 22.7. The van der Waals surface area contributed by atoms with E-state index in [1.807, 2.05) is 54.6 Å². The summed E-state index contributed by atoms with van der Waals surface area (Å²) in [6.45, 7) is 11.7. The van der Waals surface area contributed by atoms with Crippen molar-refractivity contribution in [1.82, 2.24) is 0 Å². The number of azo groups is 2. The van der Waals surface area contributed by atoms with Crippen molar-refractivity contribution >= 4 is 62.6 Å². The predicted octanol–water partition coefficient (Wildman–Crippen LogP) is 17.3. The van der Waals surface area contributed by atoms with Crippen LogP contribution in [-0.4, -0.2) is 4.92 Å². The van der Waals surface area contributed by atoms with E-state index in [2.05, 4.69) is 180 Å². The molecule has 0 saturated carbocycles. The van der Waals surface area contributed by atoms with Crippen molar-refractivity contribution in [2.45, 2.75) is 63.7 Å². The monoisotopic (exact) mass is 877 g/mol. The lowest BCUT2D eigenvalue weighted by Gasteiger charge is -2.32. The lowest BCUT2D eigenvalue weighted by molar-refractivity contribution is -0.384. The molecule has 2 aliphatic carbocycles. The molecule has 1 unspecified atom stereocenters. The van der Waals surface area contributed by atoms with Crippen LogP contribution in [0.2, 0.25) is 0 Å². The van der Waals surface area contributed by atoms with E-state index in [1.165, 1.54) is 39.9 Å². The minimum atomic E-state index is -0.423. The van der Waals surface area contributed by atoms with Gasteiger partial charge in [-0.25, -0.2) is 0 Å². The van der Waals surface area contributed by atoms with Crippen molar-refractivity contribution in [3.8, 4) is 0 Å². The molecule has 0 aliphatic heterocycles. The molecule has 0 radical (unpaired) electrons. The number of benzene rings is 8. The van der Waals surface area contributed by atoms with Crippen molar-refractivity contribution in [3.63, 3.8) is 0 Å². The van der Waals surface area contributed by atoms with E-state index in [4.69, 9.17) is 0 Å². The van der Waals surface area contributed by atoms with Gasteiger partial charge in [-0.05, 0) is 174 Å². The molecule has 0 amide bonds. The minimum absolute atomic E-state index is 0.0160. The molecule has 0 N–H and O–H groups in total. The van der Waals surface area contributed by atoms with Gasteiger partial charge in [0, 0.05) is 51.7 Å². The molecule has 330 valence electrons. The first-order chi connectivity index (χ1) is 32.4. The van der Waals surface area contributed by atoms with Crippen LogP contribution < -0.4 is 9.80 Å². The predicted molar refractivity (Wildman–Crippen MR) is 271 cm³/mol. The lowest BCUT2D eigenvalue weighted by atomic mass is 9.72. The molecule has 8 aromatic rings. The molecular formula is C58H51N7O2. The molecular weight excluding hydrogens is 827 g/mol. The summed E-state index contributed by atoms with van der Waals surface area (Å²) in [6, 6.07) is 65.9. The highest BCUT2D eigenvalue weighted by molar-refractivity contribution is 5.81. The summed E-state index contributed by atoms with van der Waals surface area (Å²) in [4.78, 5) is 15.4. The zero-order valence-corrected chi connectivity index (χ0v) is 38.3. The summed E-state index contributed by atoms with van der Waals surface area (Å²) < 4.78 is 0. The highest BCUT2D eigenvalue weighted by Crippen LogP contribution is 2.64. The molecule has 0 aromatic heterocycles. The van der Waals surface area contributed by atoms with Crippen molar-refractivity contribution in [2.75, 3.05) is 9.80 Å². The number of nitrogens with zero attached hydrogens (tertiary/aromatic N) is 7. The number of para-hydroxylation sites is 2. The van der Waals surface area contributed by atoms with Crippen LogP contribution in [0.3, 0.4) is 0 Å². The number of fused-ring (bicyclic) bond motifs is 4. The second-order valence-corrected chi connectivity index (χ2v) is 19.0. The largest absolute Gasteiger partial charge is 0.310 e. The first-order valence-corrected chi connectivity index (χ1v) is 22.7. The topological polar surface area (TPSA) is 99.1 Å². The van der Waals surface area contributed by atoms with Gasteiger partial charge in [0.25, 0.3) is 5.69 Å². The van der Waals surface area contributed by atoms with Crippen LogP contribution in [0.15, 0.2) is 215 Å². The van der Waals surface area contributed by atoms with E-state index < -0.39 is 4.92 Å². The molecule has 9 nitrogen and oxygen atoms in total. The maximum Gasteiger partial charge on any atom is 0.269 e. The van der Waals surface area contributed by atoms with Gasteiger partial charge in [0.1, 0.15) is 0 Å². The summed E-state index contributed by atoms with van der Waals surface area (Å²) in [5.41, 5.74) is 15.5. The van der Waals surface area contributed by atoms with Gasteiger partial charge < -0.3 is 9.80 Å². The van der Waals surface area contributed by atoms with Gasteiger partial charge in [-0.3, -0.25) is 10.1 Å². The third-order valence-corrected chi connectivity index (χ3v) is 13.4. The Balaban J connectivity index is 1.03. The van der Waals surface area contributed by atoms with E-state index in [1.54, 1.807) is 12.1 Å². The minimum Gasteiger partial charge on any atom is -0.310 e. The Bertz CT molecular complexity index is 3140. The zero-order chi connectivity index (χ0) is 46.3. The Morgan fingerprint density at radius 1 is 0.418 bits per heavy atom. The van der Waals surface area contributed by atoms with Crippen molar-refractivity contribution in [1.29, 1.82) is 0 Å². The van der Waals surface area contributed by atoms with Crippen molar-refractivity contribution in [2.24, 2.45) is 20.5 Å². The standard InChI is InChI=1S/C58H51N7O2/c1-40-16-18-41(19-17-40)59-60-42-20-26-47(27-21-42)63(45-12-8-6-9-13-45)50-32-34-52-54(36-50)58(38-56(52,2)3)39-57(4,5)53-35-33-51(37-55(53)58)64(46-14-10-7-11-15-46)48-28-22-43(23-29-48)61-62-44-24-30-49(31-25-44)65(66)67/h6-37H,38-39H2,1-5H3. The van der Waals surface area contributed by atoms with Crippen LogP contribution in [0.5, 0.6) is 0 Å². The number of hydrogen-bond acceptors (Lipinski definition) is 8. The van der Waals surface area contributed by atoms with E-state index in [0.717, 1.165) is 58.3 Å². The van der Waals surface area contributed by atoms with Crippen LogP contribution in [-0.2, 0) is 16.2 Å². The fourth-order valence-corrected chi connectivity index (χ4v) is 10.5. The molecule has 0 heterocycles. The van der Waals surface area contributed by atoms with Gasteiger partial charge in [-0.1, -0.05) is 93.9 Å². The number of nitro benzene ring substituents is 1. The van der Waals surface area contributed by atoms with Gasteiger partial charge in [0.2, 0.25) is 0 Å². The Labute approximate surface area is 392 Å². The smallest absolute Gasteiger partial charge is 0.269 e. The van der Waals surface area contributed by atoms with Crippen LogP contribution in [0.25, 0.3) is 0 Å². The Kier molecular flexibility index (Phi) is 10.9. The number of aryl methyl sites for hydroxylation is 1. The first kappa shape index (κ1) is 42.9. The van der Waals surface area contributed by atoms with Crippen LogP contribution >= 0.6 is 0 Å². The Morgan fingerprint density at radius 3 is 1.12 bits per heavy atom. The zero-order valence-electron chi connectivity index (χ0n) is 38.3. The molecule has 0 fully saturated rings. The normalized spacial score (nSPS) is 16.6. The van der Waals surface area contributed by atoms with E-state index in [9.17, 15) is 10.1 Å². The molecule has 2 aliphatic rings. The average molecular weight is 878 g/mol. The molecule has 1 atom stereocenters. The Morgan fingerprint density at radius 2 is 0.746 bits per heavy atom. The number of hydrogen-bond donors (Lipinski definition) is 0. The molecule has 1 spiro atoms. The van der Waals surface area contributed by atoms with Crippen LogP contribution in [0.1, 0.15) is 68.4 Å². The summed E-state index contributed by atoms with van der Waals surface area (Å²) in [5, 5.41) is 29.0. The molecule has 0 saturated heterocycles. The highest BCUT2D eigenvalue weighted by Gasteiger charge is 2.56. The van der Waals surface area contributed by atoms with Gasteiger partial charge in [-0.2, -0.15) is 20.5 Å². The summed E-state index contributed by atoms with van der Waals surface area (Å²) >= 11 is 0. The number of nitro groups is 1. The maximum atomic E-state index is 11.1. The summed E-state index contributed by atoms with van der Waals surface area (Å²) in [6.07, 6.45) is 1.98. The van der Waals surface area contributed by atoms with E-state index in [0.29, 0.717) is 11.4 Å². The van der Waals surface area contributed by atoms with Crippen LogP contribution in [0, 0.1) is 17.0 Å². The molecule has 67 heavy (non-hydrogen) atoms. The second-order valence-electron chi connectivity index (χ2n) is 19.0. The molecule has 0 bridgehead atoms. The number of anilines is 6. The van der Waals surface area contributed by atoms with E-state index in [-0.39, 0.29) is 21.9 Å². The number of non-ortho nitro benzene ring substituents is 1. The SMILES string of the molecule is Cc1ccc(N=Nc2ccc(N(c3ccccc3)c3ccc4c(c3)C3(CC4(C)C)CC(C)(C)c4ccc(N(c5ccccc5)c5ccc(N=Nc6ccc([N+](=O)[O-])cc6)cc5)cc43)cc2)cc1. The molecule has 8 aromatic carbocycles. The van der Waals surface area contributed by atoms with Gasteiger partial charge >= 0.3 is 0 Å². The molecule has 10 rings (SSSR count). The fourth-order valence-electron chi connectivity index (χ4n) is 10.5. The third-order valence-electron chi connectivity index (χ3n) is 13.4. The van der Waals surface area contributed by atoms with Crippen molar-refractivity contribution < 1.29 is 4.92 Å². The van der Waals surface area contributed by atoms with Gasteiger partial charge in [0.05, 0.1) is 27.7 Å². The van der Waals surface area contributed by atoms with E-state index >= 15 is 0 Å². The lowest BCUT2D eigenvalue weighted by Crippen LogP contribution is -2.27. The fraction of sp³-hybridized carbons (Fsp3) is 0.172. The van der Waals surface area contributed by atoms with Crippen molar-refractivity contribution in [3.05, 3.63) is 232 Å².